The lowest BCUT2D eigenvalue weighted by atomic mass is 10.2. The van der Waals surface area contributed by atoms with E-state index in [2.05, 4.69) is 17.4 Å². The zero-order chi connectivity index (χ0) is 17.9. The largest absolute Gasteiger partial charge is 0.355 e. The van der Waals surface area contributed by atoms with Crippen LogP contribution in [-0.2, 0) is 16.3 Å². The van der Waals surface area contributed by atoms with Crippen LogP contribution in [0.25, 0.3) is 0 Å². The van der Waals surface area contributed by atoms with Crippen LogP contribution in [0.4, 0.5) is 0 Å². The van der Waals surface area contributed by atoms with Gasteiger partial charge in [-0.3, -0.25) is 4.79 Å². The van der Waals surface area contributed by atoms with Crippen molar-refractivity contribution in [1.82, 2.24) is 5.32 Å². The van der Waals surface area contributed by atoms with Gasteiger partial charge in [0.2, 0.25) is 5.91 Å². The van der Waals surface area contributed by atoms with Crippen LogP contribution in [-0.4, -0.2) is 24.0 Å². The minimum atomic E-state index is 0.108. The van der Waals surface area contributed by atoms with Crippen molar-refractivity contribution in [2.45, 2.75) is 17.9 Å². The standard InChI is InChI=1S/C19H21Cl2NOS2/c20-17-7-4-8-18(21)16(17)14-25-12-10-22-19(23)9-11-24-13-15-5-2-1-3-6-15/h1-8H,9-14H2,(H,22,23). The number of rotatable bonds is 10. The fraction of sp³-hybridized carbons (Fsp3) is 0.316. The molecule has 0 aliphatic carbocycles. The van der Waals surface area contributed by atoms with Crippen molar-refractivity contribution in [2.24, 2.45) is 0 Å². The Balaban J connectivity index is 1.52. The molecule has 0 fully saturated rings. The van der Waals surface area contributed by atoms with E-state index >= 15 is 0 Å². The third kappa shape index (κ3) is 7.95. The molecule has 0 atom stereocenters. The summed E-state index contributed by atoms with van der Waals surface area (Å²) in [6.45, 7) is 0.662. The maximum absolute atomic E-state index is 11.8. The Labute approximate surface area is 168 Å². The van der Waals surface area contributed by atoms with E-state index in [-0.39, 0.29) is 5.91 Å². The minimum Gasteiger partial charge on any atom is -0.355 e. The average molecular weight is 414 g/mol. The Morgan fingerprint density at radius 3 is 2.28 bits per heavy atom. The fourth-order valence-corrected chi connectivity index (χ4v) is 4.62. The maximum atomic E-state index is 11.8. The van der Waals surface area contributed by atoms with E-state index < -0.39 is 0 Å². The quantitative estimate of drug-likeness (QED) is 0.508. The van der Waals surface area contributed by atoms with Crippen molar-refractivity contribution in [3.63, 3.8) is 0 Å². The van der Waals surface area contributed by atoms with E-state index in [1.165, 1.54) is 5.56 Å². The first-order valence-corrected chi connectivity index (χ1v) is 11.1. The highest BCUT2D eigenvalue weighted by Gasteiger charge is 2.06. The molecular formula is C19H21Cl2NOS2. The zero-order valence-corrected chi connectivity index (χ0v) is 17.0. The SMILES string of the molecule is O=C(CCSCc1ccccc1)NCCSCc1c(Cl)cccc1Cl. The molecular weight excluding hydrogens is 393 g/mol. The van der Waals surface area contributed by atoms with Gasteiger partial charge < -0.3 is 5.32 Å². The molecule has 2 nitrogen and oxygen atoms in total. The second kappa shape index (κ2) is 11.7. The molecule has 0 spiro atoms. The van der Waals surface area contributed by atoms with E-state index in [9.17, 15) is 4.79 Å². The Hall–Kier alpha value is -0.810. The number of benzene rings is 2. The highest BCUT2D eigenvalue weighted by Crippen LogP contribution is 2.27. The molecule has 0 radical (unpaired) electrons. The van der Waals surface area contributed by atoms with Crippen LogP contribution in [0.15, 0.2) is 48.5 Å². The summed E-state index contributed by atoms with van der Waals surface area (Å²) in [6.07, 6.45) is 0.554. The number of amides is 1. The van der Waals surface area contributed by atoms with Gasteiger partial charge in [0.05, 0.1) is 0 Å². The van der Waals surface area contributed by atoms with Gasteiger partial charge in [0.25, 0.3) is 0 Å². The van der Waals surface area contributed by atoms with E-state index in [0.29, 0.717) is 23.0 Å². The Morgan fingerprint density at radius 1 is 0.880 bits per heavy atom. The molecule has 1 amide bonds. The summed E-state index contributed by atoms with van der Waals surface area (Å²) in [7, 11) is 0. The molecule has 2 aromatic rings. The third-order valence-corrected chi connectivity index (χ3v) is 6.19. The van der Waals surface area contributed by atoms with Gasteiger partial charge in [0.15, 0.2) is 0 Å². The van der Waals surface area contributed by atoms with Crippen LogP contribution < -0.4 is 5.32 Å². The molecule has 0 unspecified atom stereocenters. The molecule has 6 heteroatoms. The number of carbonyl (C=O) groups is 1. The molecule has 0 saturated carbocycles. The highest BCUT2D eigenvalue weighted by atomic mass is 35.5. The molecule has 0 aliphatic heterocycles. The van der Waals surface area contributed by atoms with Gasteiger partial charge in [0, 0.05) is 46.0 Å². The maximum Gasteiger partial charge on any atom is 0.220 e. The van der Waals surface area contributed by atoms with Crippen molar-refractivity contribution in [3.8, 4) is 0 Å². The highest BCUT2D eigenvalue weighted by molar-refractivity contribution is 7.98. The summed E-state index contributed by atoms with van der Waals surface area (Å²) in [5.74, 6) is 3.48. The lowest BCUT2D eigenvalue weighted by Gasteiger charge is -2.08. The van der Waals surface area contributed by atoms with Gasteiger partial charge in [-0.1, -0.05) is 59.6 Å². The number of carbonyl (C=O) groups excluding carboxylic acids is 1. The predicted molar refractivity (Wildman–Crippen MR) is 113 cm³/mol. The number of halogens is 2. The lowest BCUT2D eigenvalue weighted by molar-refractivity contribution is -0.120. The summed E-state index contributed by atoms with van der Waals surface area (Å²) in [5.41, 5.74) is 2.25. The summed E-state index contributed by atoms with van der Waals surface area (Å²) in [4.78, 5) is 11.8. The van der Waals surface area contributed by atoms with Crippen LogP contribution >= 0.6 is 46.7 Å². The van der Waals surface area contributed by atoms with Gasteiger partial charge in [-0.25, -0.2) is 0 Å². The lowest BCUT2D eigenvalue weighted by Crippen LogP contribution is -2.26. The van der Waals surface area contributed by atoms with E-state index in [1.54, 1.807) is 23.5 Å². The van der Waals surface area contributed by atoms with E-state index in [0.717, 1.165) is 28.6 Å². The Kier molecular flexibility index (Phi) is 9.63. The van der Waals surface area contributed by atoms with Gasteiger partial charge in [-0.15, -0.1) is 0 Å². The number of hydrogen-bond acceptors (Lipinski definition) is 3. The predicted octanol–water partition coefficient (Wildman–Crippen LogP) is 5.67. The molecule has 2 rings (SSSR count). The molecule has 1 N–H and O–H groups in total. The molecule has 134 valence electrons. The summed E-state index contributed by atoms with van der Waals surface area (Å²) >= 11 is 15.8. The second-order valence-electron chi connectivity index (χ2n) is 5.39. The molecule has 0 bridgehead atoms. The molecule has 0 aromatic heterocycles. The number of nitrogens with one attached hydrogen (secondary N) is 1. The van der Waals surface area contributed by atoms with Crippen molar-refractivity contribution in [3.05, 3.63) is 69.7 Å². The van der Waals surface area contributed by atoms with Crippen LogP contribution in [0.3, 0.4) is 0 Å². The van der Waals surface area contributed by atoms with Crippen molar-refractivity contribution in [2.75, 3.05) is 18.1 Å². The smallest absolute Gasteiger partial charge is 0.220 e. The second-order valence-corrected chi connectivity index (χ2v) is 8.42. The summed E-state index contributed by atoms with van der Waals surface area (Å²) in [6, 6.07) is 15.8. The van der Waals surface area contributed by atoms with Gasteiger partial charge in [-0.05, 0) is 23.3 Å². The van der Waals surface area contributed by atoms with E-state index in [1.807, 2.05) is 36.4 Å². The van der Waals surface area contributed by atoms with Crippen molar-refractivity contribution < 1.29 is 4.79 Å². The summed E-state index contributed by atoms with van der Waals surface area (Å²) in [5, 5.41) is 4.35. The topological polar surface area (TPSA) is 29.1 Å². The molecule has 25 heavy (non-hydrogen) atoms. The average Bonchev–Trinajstić information content (AvgIpc) is 2.61. The number of hydrogen-bond donors (Lipinski definition) is 1. The van der Waals surface area contributed by atoms with Crippen LogP contribution in [0, 0.1) is 0 Å². The van der Waals surface area contributed by atoms with Gasteiger partial charge >= 0.3 is 0 Å². The van der Waals surface area contributed by atoms with Crippen LogP contribution in [0.2, 0.25) is 10.0 Å². The third-order valence-electron chi connectivity index (χ3n) is 3.46. The van der Waals surface area contributed by atoms with Crippen molar-refractivity contribution >= 4 is 52.6 Å². The van der Waals surface area contributed by atoms with Crippen molar-refractivity contribution in [1.29, 1.82) is 0 Å². The molecule has 0 heterocycles. The van der Waals surface area contributed by atoms with Gasteiger partial charge in [-0.2, -0.15) is 23.5 Å². The first-order chi connectivity index (χ1) is 12.2. The number of thioether (sulfide) groups is 2. The molecule has 2 aromatic carbocycles. The monoisotopic (exact) mass is 413 g/mol. The molecule has 0 saturated heterocycles. The Morgan fingerprint density at radius 2 is 1.56 bits per heavy atom. The normalized spacial score (nSPS) is 10.6. The first-order valence-electron chi connectivity index (χ1n) is 8.06. The van der Waals surface area contributed by atoms with Gasteiger partial charge in [0.1, 0.15) is 0 Å². The summed E-state index contributed by atoms with van der Waals surface area (Å²) < 4.78 is 0. The minimum absolute atomic E-state index is 0.108. The zero-order valence-electron chi connectivity index (χ0n) is 13.8. The fourth-order valence-electron chi connectivity index (χ4n) is 2.12. The Bertz CT molecular complexity index is 647. The van der Waals surface area contributed by atoms with E-state index in [4.69, 9.17) is 23.2 Å². The van der Waals surface area contributed by atoms with Crippen LogP contribution in [0.5, 0.6) is 0 Å². The van der Waals surface area contributed by atoms with Crippen LogP contribution in [0.1, 0.15) is 17.5 Å². The first kappa shape index (κ1) is 20.5. The molecule has 0 aliphatic rings.